The van der Waals surface area contributed by atoms with Gasteiger partial charge >= 0.3 is 0 Å². The van der Waals surface area contributed by atoms with E-state index in [4.69, 9.17) is 5.84 Å². The van der Waals surface area contributed by atoms with E-state index in [1.807, 2.05) is 18.4 Å². The number of hydrazine groups is 1. The van der Waals surface area contributed by atoms with Gasteiger partial charge in [-0.15, -0.1) is 11.3 Å². The molecule has 17 heavy (non-hydrogen) atoms. The Morgan fingerprint density at radius 1 is 1.41 bits per heavy atom. The van der Waals surface area contributed by atoms with Crippen molar-refractivity contribution in [2.24, 2.45) is 5.84 Å². The summed E-state index contributed by atoms with van der Waals surface area (Å²) in [6.07, 6.45) is 0. The molecule has 0 spiro atoms. The molecule has 0 saturated heterocycles. The zero-order chi connectivity index (χ0) is 12.4. The minimum atomic E-state index is -0.268. The quantitative estimate of drug-likeness (QED) is 0.651. The number of benzene rings is 1. The molecule has 1 heterocycles. The minimum Gasteiger partial charge on any atom is -0.271 e. The number of hydrogen-bond donors (Lipinski definition) is 2. The Labute approximate surface area is 103 Å². The molecule has 0 aliphatic heterocycles. The fraction of sp³-hybridized carbons (Fsp3) is 0.250. The molecule has 0 aliphatic carbocycles. The Hall–Kier alpha value is -1.30. The van der Waals surface area contributed by atoms with Gasteiger partial charge in [0, 0.05) is 5.38 Å². The molecule has 2 rings (SSSR count). The Balaban J connectivity index is 2.38. The second kappa shape index (κ2) is 4.91. The van der Waals surface area contributed by atoms with Crippen molar-refractivity contribution >= 4 is 11.3 Å². The fourth-order valence-electron chi connectivity index (χ4n) is 1.65. The molecule has 3 N–H and O–H groups in total. The monoisotopic (exact) mass is 251 g/mol. The molecule has 1 aromatic heterocycles. The van der Waals surface area contributed by atoms with Gasteiger partial charge in [0.15, 0.2) is 0 Å². The van der Waals surface area contributed by atoms with Crippen LogP contribution >= 0.6 is 11.3 Å². The van der Waals surface area contributed by atoms with E-state index in [0.717, 1.165) is 16.3 Å². The number of hydrogen-bond acceptors (Lipinski definition) is 4. The van der Waals surface area contributed by atoms with Crippen LogP contribution in [0.1, 0.15) is 27.9 Å². The molecule has 0 fully saturated rings. The number of aryl methyl sites for hydroxylation is 2. The van der Waals surface area contributed by atoms with Crippen molar-refractivity contribution in [3.63, 3.8) is 0 Å². The minimum absolute atomic E-state index is 0.227. The molecular weight excluding hydrogens is 237 g/mol. The van der Waals surface area contributed by atoms with Crippen LogP contribution in [0.2, 0.25) is 0 Å². The van der Waals surface area contributed by atoms with E-state index in [0.29, 0.717) is 5.56 Å². The molecule has 1 unspecified atom stereocenters. The van der Waals surface area contributed by atoms with Gasteiger partial charge in [-0.3, -0.25) is 5.84 Å². The van der Waals surface area contributed by atoms with Crippen LogP contribution in [0, 0.1) is 19.7 Å². The average molecular weight is 251 g/mol. The molecule has 0 radical (unpaired) electrons. The van der Waals surface area contributed by atoms with Gasteiger partial charge in [0.1, 0.15) is 5.82 Å². The van der Waals surface area contributed by atoms with E-state index in [1.54, 1.807) is 24.3 Å². The van der Waals surface area contributed by atoms with E-state index >= 15 is 0 Å². The Kier molecular flexibility index (Phi) is 3.51. The maximum absolute atomic E-state index is 13.5. The van der Waals surface area contributed by atoms with Crippen LogP contribution in [-0.2, 0) is 0 Å². The van der Waals surface area contributed by atoms with Gasteiger partial charge in [0.05, 0.1) is 16.7 Å². The molecule has 1 aromatic carbocycles. The SMILES string of the molecule is Cc1nc(C(NN)c2ccc(C)c(F)c2)cs1. The van der Waals surface area contributed by atoms with Crippen molar-refractivity contribution in [3.05, 3.63) is 51.2 Å². The second-order valence-corrected chi connectivity index (χ2v) is 4.96. The average Bonchev–Trinajstić information content (AvgIpc) is 2.71. The zero-order valence-corrected chi connectivity index (χ0v) is 10.5. The van der Waals surface area contributed by atoms with Crippen molar-refractivity contribution in [1.82, 2.24) is 10.4 Å². The topological polar surface area (TPSA) is 50.9 Å². The van der Waals surface area contributed by atoms with Crippen LogP contribution in [0.5, 0.6) is 0 Å². The summed E-state index contributed by atoms with van der Waals surface area (Å²) in [6.45, 7) is 3.66. The van der Waals surface area contributed by atoms with E-state index in [1.165, 1.54) is 6.07 Å². The highest BCUT2D eigenvalue weighted by molar-refractivity contribution is 7.09. The highest BCUT2D eigenvalue weighted by Gasteiger charge is 2.16. The fourth-order valence-corrected chi connectivity index (χ4v) is 2.29. The molecule has 3 nitrogen and oxygen atoms in total. The van der Waals surface area contributed by atoms with E-state index < -0.39 is 0 Å². The third kappa shape index (κ3) is 2.52. The van der Waals surface area contributed by atoms with Crippen LogP contribution in [-0.4, -0.2) is 4.98 Å². The first-order valence-corrected chi connectivity index (χ1v) is 6.14. The Morgan fingerprint density at radius 2 is 2.18 bits per heavy atom. The number of aromatic nitrogens is 1. The van der Waals surface area contributed by atoms with E-state index in [-0.39, 0.29) is 11.9 Å². The maximum atomic E-state index is 13.5. The first-order chi connectivity index (χ1) is 8.11. The summed E-state index contributed by atoms with van der Waals surface area (Å²) in [7, 11) is 0. The summed E-state index contributed by atoms with van der Waals surface area (Å²) >= 11 is 1.55. The van der Waals surface area contributed by atoms with Crippen LogP contribution < -0.4 is 11.3 Å². The summed E-state index contributed by atoms with van der Waals surface area (Å²) in [6, 6.07) is 4.83. The van der Waals surface area contributed by atoms with Gasteiger partial charge in [-0.05, 0) is 31.0 Å². The number of nitrogens with two attached hydrogens (primary N) is 1. The lowest BCUT2D eigenvalue weighted by Gasteiger charge is -2.14. The van der Waals surface area contributed by atoms with Crippen LogP contribution in [0.15, 0.2) is 23.6 Å². The molecule has 0 amide bonds. The number of halogens is 1. The third-order valence-corrected chi connectivity index (χ3v) is 3.42. The smallest absolute Gasteiger partial charge is 0.126 e. The first-order valence-electron chi connectivity index (χ1n) is 5.26. The van der Waals surface area contributed by atoms with Crippen molar-refractivity contribution in [2.75, 3.05) is 0 Å². The number of nitrogens with zero attached hydrogens (tertiary/aromatic N) is 1. The van der Waals surface area contributed by atoms with Gasteiger partial charge in [0.25, 0.3) is 0 Å². The number of nitrogens with one attached hydrogen (secondary N) is 1. The van der Waals surface area contributed by atoms with Gasteiger partial charge in [0.2, 0.25) is 0 Å². The molecular formula is C12H14FN3S. The predicted molar refractivity (Wildman–Crippen MR) is 67.2 cm³/mol. The van der Waals surface area contributed by atoms with Crippen LogP contribution in [0.4, 0.5) is 4.39 Å². The zero-order valence-electron chi connectivity index (χ0n) is 9.70. The molecule has 1 atom stereocenters. The molecule has 0 aliphatic rings. The van der Waals surface area contributed by atoms with Gasteiger partial charge in [-0.1, -0.05) is 12.1 Å². The summed E-state index contributed by atoms with van der Waals surface area (Å²) in [5, 5.41) is 2.89. The molecule has 2 aromatic rings. The Bertz CT molecular complexity index is 524. The lowest BCUT2D eigenvalue weighted by Crippen LogP contribution is -2.29. The second-order valence-electron chi connectivity index (χ2n) is 3.90. The summed E-state index contributed by atoms with van der Waals surface area (Å²) in [5.74, 6) is 5.30. The lowest BCUT2D eigenvalue weighted by atomic mass is 10.0. The first kappa shape index (κ1) is 12.2. The van der Waals surface area contributed by atoms with Crippen molar-refractivity contribution < 1.29 is 4.39 Å². The van der Waals surface area contributed by atoms with Crippen LogP contribution in [0.25, 0.3) is 0 Å². The van der Waals surface area contributed by atoms with Gasteiger partial charge in [-0.2, -0.15) is 0 Å². The van der Waals surface area contributed by atoms with E-state index in [2.05, 4.69) is 10.4 Å². The third-order valence-electron chi connectivity index (χ3n) is 2.63. The summed E-state index contributed by atoms with van der Waals surface area (Å²) < 4.78 is 13.5. The molecule has 0 saturated carbocycles. The van der Waals surface area contributed by atoms with E-state index in [9.17, 15) is 4.39 Å². The maximum Gasteiger partial charge on any atom is 0.126 e. The number of rotatable bonds is 3. The summed E-state index contributed by atoms with van der Waals surface area (Å²) in [5.41, 5.74) is 4.89. The normalized spacial score (nSPS) is 12.7. The molecule has 0 bridgehead atoms. The largest absolute Gasteiger partial charge is 0.271 e. The van der Waals surface area contributed by atoms with Gasteiger partial charge < -0.3 is 0 Å². The summed E-state index contributed by atoms with van der Waals surface area (Å²) in [4.78, 5) is 4.36. The van der Waals surface area contributed by atoms with Crippen LogP contribution in [0.3, 0.4) is 0 Å². The standard InChI is InChI=1S/C12H14FN3S/c1-7-3-4-9(5-10(7)13)12(16-14)11-6-17-8(2)15-11/h3-6,12,16H,14H2,1-2H3. The number of thiazole rings is 1. The van der Waals surface area contributed by atoms with Crippen molar-refractivity contribution in [1.29, 1.82) is 0 Å². The molecule has 90 valence electrons. The van der Waals surface area contributed by atoms with Crippen molar-refractivity contribution in [3.8, 4) is 0 Å². The molecule has 5 heteroatoms. The van der Waals surface area contributed by atoms with Crippen molar-refractivity contribution in [2.45, 2.75) is 19.9 Å². The highest BCUT2D eigenvalue weighted by Crippen LogP contribution is 2.24. The Morgan fingerprint density at radius 3 is 2.71 bits per heavy atom. The highest BCUT2D eigenvalue weighted by atomic mass is 32.1. The van der Waals surface area contributed by atoms with Gasteiger partial charge in [-0.25, -0.2) is 14.8 Å². The predicted octanol–water partition coefficient (Wildman–Crippen LogP) is 2.45. The lowest BCUT2D eigenvalue weighted by molar-refractivity contribution is 0.594.